The lowest BCUT2D eigenvalue weighted by Crippen LogP contribution is -2.11. The number of hydrogen-bond acceptors (Lipinski definition) is 5. The number of hydrogen-bond donors (Lipinski definition) is 1. The van der Waals surface area contributed by atoms with Gasteiger partial charge in [0.15, 0.2) is 5.13 Å². The number of imidazole rings is 1. The number of aromatic nitrogens is 3. The van der Waals surface area contributed by atoms with Gasteiger partial charge in [-0.3, -0.25) is 10.1 Å². The fraction of sp³-hybridized carbons (Fsp3) is 0.0870. The van der Waals surface area contributed by atoms with E-state index in [4.69, 9.17) is 4.74 Å². The number of carbonyl (C=O) groups is 1. The van der Waals surface area contributed by atoms with Crippen molar-refractivity contribution in [3.63, 3.8) is 0 Å². The third-order valence-electron chi connectivity index (χ3n) is 4.67. The molecule has 0 aliphatic rings. The largest absolute Gasteiger partial charge is 0.487 e. The molecule has 1 N–H and O–H groups in total. The Bertz CT molecular complexity index is 1320. The fourth-order valence-corrected chi connectivity index (χ4v) is 4.04. The molecule has 3 heterocycles. The van der Waals surface area contributed by atoms with Crippen molar-refractivity contribution >= 4 is 38.2 Å². The van der Waals surface area contributed by atoms with Gasteiger partial charge in [0.05, 0.1) is 15.9 Å². The second-order valence-corrected chi connectivity index (χ2v) is 7.99. The quantitative estimate of drug-likeness (QED) is 0.435. The molecule has 0 aliphatic heterocycles. The summed E-state index contributed by atoms with van der Waals surface area (Å²) >= 11 is 1.45. The van der Waals surface area contributed by atoms with Crippen molar-refractivity contribution in [1.29, 1.82) is 0 Å². The molecule has 0 atom stereocenters. The number of thiazole rings is 1. The first kappa shape index (κ1) is 18.3. The molecule has 0 spiro atoms. The van der Waals surface area contributed by atoms with Gasteiger partial charge in [-0.15, -0.1) is 0 Å². The smallest absolute Gasteiger partial charge is 0.257 e. The Hall–Kier alpha value is -3.71. The van der Waals surface area contributed by atoms with E-state index in [1.54, 1.807) is 24.3 Å². The Kier molecular flexibility index (Phi) is 4.65. The third-order valence-corrected chi connectivity index (χ3v) is 5.62. The normalized spacial score (nSPS) is 11.1. The highest BCUT2D eigenvalue weighted by atomic mass is 32.1. The first-order chi connectivity index (χ1) is 14.6. The average Bonchev–Trinajstić information content (AvgIpc) is 3.35. The van der Waals surface area contributed by atoms with Crippen LogP contribution in [0.3, 0.4) is 0 Å². The van der Waals surface area contributed by atoms with Crippen LogP contribution in [0.25, 0.3) is 15.9 Å². The molecule has 5 aromatic rings. The average molecular weight is 414 g/mol. The van der Waals surface area contributed by atoms with Crippen LogP contribution in [0.15, 0.2) is 73.1 Å². The van der Waals surface area contributed by atoms with Gasteiger partial charge in [0.2, 0.25) is 0 Å². The first-order valence-corrected chi connectivity index (χ1v) is 10.3. The molecule has 6 nitrogen and oxygen atoms in total. The third kappa shape index (κ3) is 3.75. The molecule has 30 heavy (non-hydrogen) atoms. The number of aryl methyl sites for hydroxylation is 1. The standard InChI is InChI=1S/C23H18N4O2S/c1-15-6-11-21-24-17(13-27(21)12-15)14-29-18-9-7-16(8-10-18)22(28)26-23-25-19-4-2-3-5-20(19)30-23/h2-13H,14H2,1H3,(H,25,26,28). The minimum absolute atomic E-state index is 0.198. The molecule has 5 rings (SSSR count). The number of anilines is 1. The number of amides is 1. The van der Waals surface area contributed by atoms with Gasteiger partial charge in [-0.05, 0) is 55.0 Å². The van der Waals surface area contributed by atoms with E-state index in [9.17, 15) is 4.79 Å². The maximum Gasteiger partial charge on any atom is 0.257 e. The summed E-state index contributed by atoms with van der Waals surface area (Å²) in [5.41, 5.74) is 4.33. The number of pyridine rings is 1. The van der Waals surface area contributed by atoms with Crippen molar-refractivity contribution in [3.05, 3.63) is 89.9 Å². The van der Waals surface area contributed by atoms with Gasteiger partial charge in [0.25, 0.3) is 5.91 Å². The summed E-state index contributed by atoms with van der Waals surface area (Å²) in [7, 11) is 0. The number of benzene rings is 2. The van der Waals surface area contributed by atoms with Crippen LogP contribution in [-0.2, 0) is 6.61 Å². The van der Waals surface area contributed by atoms with Crippen LogP contribution in [-0.4, -0.2) is 20.3 Å². The van der Waals surface area contributed by atoms with Crippen molar-refractivity contribution in [2.75, 3.05) is 5.32 Å². The Labute approximate surface area is 176 Å². The molecule has 3 aromatic heterocycles. The zero-order valence-corrected chi connectivity index (χ0v) is 17.0. The van der Waals surface area contributed by atoms with Crippen LogP contribution < -0.4 is 10.1 Å². The summed E-state index contributed by atoms with van der Waals surface area (Å²) in [6, 6.07) is 18.9. The van der Waals surface area contributed by atoms with Crippen molar-refractivity contribution < 1.29 is 9.53 Å². The zero-order valence-electron chi connectivity index (χ0n) is 16.2. The number of fused-ring (bicyclic) bond motifs is 2. The maximum absolute atomic E-state index is 12.5. The molecule has 148 valence electrons. The molecular formula is C23H18N4O2S. The molecule has 0 aliphatic carbocycles. The van der Waals surface area contributed by atoms with Crippen molar-refractivity contribution in [2.24, 2.45) is 0 Å². The predicted molar refractivity (Wildman–Crippen MR) is 118 cm³/mol. The summed E-state index contributed by atoms with van der Waals surface area (Å²) in [5.74, 6) is 0.483. The van der Waals surface area contributed by atoms with E-state index in [-0.39, 0.29) is 5.91 Å². The molecule has 1 amide bonds. The lowest BCUT2D eigenvalue weighted by atomic mass is 10.2. The van der Waals surface area contributed by atoms with Crippen LogP contribution in [0.5, 0.6) is 5.75 Å². The second kappa shape index (κ2) is 7.61. The zero-order chi connectivity index (χ0) is 20.5. The Morgan fingerprint density at radius 1 is 1.03 bits per heavy atom. The van der Waals surface area contributed by atoms with Crippen LogP contribution in [0.4, 0.5) is 5.13 Å². The lowest BCUT2D eigenvalue weighted by Gasteiger charge is -2.06. The second-order valence-electron chi connectivity index (χ2n) is 6.96. The Morgan fingerprint density at radius 3 is 2.70 bits per heavy atom. The van der Waals surface area contributed by atoms with Gasteiger partial charge in [0.1, 0.15) is 18.0 Å². The maximum atomic E-state index is 12.5. The Balaban J connectivity index is 1.23. The van der Waals surface area contributed by atoms with Crippen LogP contribution in [0, 0.1) is 6.92 Å². The minimum Gasteiger partial charge on any atom is -0.487 e. The van der Waals surface area contributed by atoms with E-state index < -0.39 is 0 Å². The van der Waals surface area contributed by atoms with Gasteiger partial charge < -0.3 is 9.14 Å². The van der Waals surface area contributed by atoms with Crippen molar-refractivity contribution in [3.8, 4) is 5.75 Å². The number of ether oxygens (including phenoxy) is 1. The number of nitrogens with zero attached hydrogens (tertiary/aromatic N) is 3. The molecular weight excluding hydrogens is 396 g/mol. The van der Waals surface area contributed by atoms with Crippen LogP contribution >= 0.6 is 11.3 Å². The fourth-order valence-electron chi connectivity index (χ4n) is 3.18. The molecule has 0 unspecified atom stereocenters. The summed E-state index contributed by atoms with van der Waals surface area (Å²) in [6.07, 6.45) is 3.99. The molecule has 2 aromatic carbocycles. The molecule has 0 fully saturated rings. The predicted octanol–water partition coefficient (Wildman–Crippen LogP) is 5.08. The van der Waals surface area contributed by atoms with Crippen molar-refractivity contribution in [2.45, 2.75) is 13.5 Å². The van der Waals surface area contributed by atoms with E-state index in [2.05, 4.69) is 15.3 Å². The Morgan fingerprint density at radius 2 is 1.87 bits per heavy atom. The number of para-hydroxylation sites is 1. The summed E-state index contributed by atoms with van der Waals surface area (Å²) in [5, 5.41) is 3.45. The summed E-state index contributed by atoms with van der Waals surface area (Å²) in [6.45, 7) is 2.40. The van der Waals surface area contributed by atoms with Gasteiger partial charge in [-0.1, -0.05) is 29.5 Å². The molecule has 0 bridgehead atoms. The topological polar surface area (TPSA) is 68.5 Å². The monoisotopic (exact) mass is 414 g/mol. The number of nitrogens with one attached hydrogen (secondary N) is 1. The SMILES string of the molecule is Cc1ccc2nc(COc3ccc(C(=O)Nc4nc5ccccc5s4)cc3)cn2c1. The molecule has 0 saturated heterocycles. The molecule has 0 radical (unpaired) electrons. The van der Waals surface area contributed by atoms with Crippen LogP contribution in [0.1, 0.15) is 21.6 Å². The summed E-state index contributed by atoms with van der Waals surface area (Å²) < 4.78 is 8.86. The van der Waals surface area contributed by atoms with Gasteiger partial charge in [0, 0.05) is 18.0 Å². The highest BCUT2D eigenvalue weighted by Crippen LogP contribution is 2.26. The number of carbonyl (C=O) groups excluding carboxylic acids is 1. The minimum atomic E-state index is -0.198. The number of rotatable bonds is 5. The van der Waals surface area contributed by atoms with Gasteiger partial charge >= 0.3 is 0 Å². The van der Waals surface area contributed by atoms with E-state index in [0.29, 0.717) is 23.1 Å². The van der Waals surface area contributed by atoms with Crippen molar-refractivity contribution in [1.82, 2.24) is 14.4 Å². The van der Waals surface area contributed by atoms with E-state index in [1.807, 2.05) is 60.1 Å². The van der Waals surface area contributed by atoms with Crippen LogP contribution in [0.2, 0.25) is 0 Å². The van der Waals surface area contributed by atoms with E-state index >= 15 is 0 Å². The van der Waals surface area contributed by atoms with Gasteiger partial charge in [-0.2, -0.15) is 0 Å². The highest BCUT2D eigenvalue weighted by molar-refractivity contribution is 7.22. The van der Waals surface area contributed by atoms with E-state index in [1.165, 1.54) is 16.9 Å². The summed E-state index contributed by atoms with van der Waals surface area (Å²) in [4.78, 5) is 21.5. The van der Waals surface area contributed by atoms with E-state index in [0.717, 1.165) is 21.6 Å². The van der Waals surface area contributed by atoms with Gasteiger partial charge in [-0.25, -0.2) is 9.97 Å². The molecule has 0 saturated carbocycles. The highest BCUT2D eigenvalue weighted by Gasteiger charge is 2.10. The first-order valence-electron chi connectivity index (χ1n) is 9.48. The molecule has 7 heteroatoms. The lowest BCUT2D eigenvalue weighted by molar-refractivity contribution is 0.102.